The van der Waals surface area contributed by atoms with Crippen LogP contribution in [0.3, 0.4) is 0 Å². The minimum Gasteiger partial charge on any atom is -0.452 e. The topological polar surface area (TPSA) is 71.5 Å². The number of pyridine rings is 1. The van der Waals surface area contributed by atoms with E-state index >= 15 is 0 Å². The number of nitrogens with one attached hydrogen (secondary N) is 1. The van der Waals surface area contributed by atoms with E-state index in [0.717, 1.165) is 22.9 Å². The van der Waals surface area contributed by atoms with Gasteiger partial charge in [-0.15, -0.1) is 0 Å². The summed E-state index contributed by atoms with van der Waals surface area (Å²) in [4.78, 5) is 31.4. The summed E-state index contributed by atoms with van der Waals surface area (Å²) in [5.74, 6) is -1.24. The Bertz CT molecular complexity index is 1400. The van der Waals surface area contributed by atoms with E-state index in [-0.39, 0.29) is 17.1 Å². The molecule has 0 atom stereocenters. The van der Waals surface area contributed by atoms with Crippen molar-refractivity contribution < 1.29 is 27.5 Å². The van der Waals surface area contributed by atoms with Crippen molar-refractivity contribution in [2.24, 2.45) is 0 Å². The Hall–Kier alpha value is -4.40. The normalized spacial score (nSPS) is 11.2. The van der Waals surface area contributed by atoms with Gasteiger partial charge in [-0.2, -0.15) is 13.2 Å². The zero-order valence-corrected chi connectivity index (χ0v) is 19.3. The SMILES string of the molecule is CCN(C(=O)COC(=O)c1cccnc1Nc1cccc(C(F)(F)F)c1)c1cccc2ccccc12. The molecule has 9 heteroatoms. The molecule has 1 heterocycles. The van der Waals surface area contributed by atoms with Crippen molar-refractivity contribution in [1.82, 2.24) is 4.98 Å². The number of likely N-dealkylation sites (N-methyl/N-ethyl adjacent to an activating group) is 1. The van der Waals surface area contributed by atoms with Crippen molar-refractivity contribution >= 4 is 39.8 Å². The fraction of sp³-hybridized carbons (Fsp3) is 0.148. The molecule has 0 saturated heterocycles. The van der Waals surface area contributed by atoms with E-state index in [4.69, 9.17) is 4.74 Å². The highest BCUT2D eigenvalue weighted by atomic mass is 19.4. The van der Waals surface area contributed by atoms with Gasteiger partial charge in [0.05, 0.1) is 11.3 Å². The number of benzene rings is 3. The number of hydrogen-bond acceptors (Lipinski definition) is 5. The Morgan fingerprint density at radius 1 is 0.972 bits per heavy atom. The lowest BCUT2D eigenvalue weighted by atomic mass is 10.1. The predicted molar refractivity (Wildman–Crippen MR) is 131 cm³/mol. The molecule has 184 valence electrons. The quantitative estimate of drug-likeness (QED) is 0.310. The summed E-state index contributed by atoms with van der Waals surface area (Å²) < 4.78 is 44.4. The van der Waals surface area contributed by atoms with Gasteiger partial charge in [0.15, 0.2) is 6.61 Å². The second-order valence-corrected chi connectivity index (χ2v) is 7.82. The molecule has 0 unspecified atom stereocenters. The molecule has 1 N–H and O–H groups in total. The molecule has 0 spiro atoms. The fourth-order valence-electron chi connectivity index (χ4n) is 3.79. The minimum atomic E-state index is -4.51. The zero-order chi connectivity index (χ0) is 25.7. The molecule has 0 aliphatic rings. The lowest BCUT2D eigenvalue weighted by molar-refractivity contribution is -0.137. The van der Waals surface area contributed by atoms with Gasteiger partial charge in [0.25, 0.3) is 5.91 Å². The van der Waals surface area contributed by atoms with Crippen LogP contribution in [0.25, 0.3) is 10.8 Å². The van der Waals surface area contributed by atoms with Crippen LogP contribution in [0.4, 0.5) is 30.4 Å². The van der Waals surface area contributed by atoms with Gasteiger partial charge in [-0.25, -0.2) is 9.78 Å². The van der Waals surface area contributed by atoms with Gasteiger partial charge in [-0.3, -0.25) is 4.79 Å². The maximum atomic E-state index is 13.0. The molecule has 0 fully saturated rings. The van der Waals surface area contributed by atoms with E-state index in [1.807, 2.05) is 49.4 Å². The Balaban J connectivity index is 1.49. The number of amides is 1. The van der Waals surface area contributed by atoms with Gasteiger partial charge >= 0.3 is 12.1 Å². The largest absolute Gasteiger partial charge is 0.452 e. The number of fused-ring (bicyclic) bond motifs is 1. The van der Waals surface area contributed by atoms with Crippen molar-refractivity contribution in [3.8, 4) is 0 Å². The van der Waals surface area contributed by atoms with Crippen LogP contribution in [0.1, 0.15) is 22.8 Å². The standard InChI is InChI=1S/C27H22F3N3O3/c1-2-33(23-14-5-9-18-8-3-4-12-21(18)23)24(34)17-36-26(35)22-13-7-15-31-25(22)32-20-11-6-10-19(16-20)27(28,29)30/h3-16H,2,17H2,1H3,(H,31,32). The van der Waals surface area contributed by atoms with Crippen molar-refractivity contribution in [3.05, 3.63) is 96.2 Å². The highest BCUT2D eigenvalue weighted by Crippen LogP contribution is 2.32. The third-order valence-electron chi connectivity index (χ3n) is 5.48. The van der Waals surface area contributed by atoms with E-state index < -0.39 is 30.2 Å². The summed E-state index contributed by atoms with van der Waals surface area (Å²) in [7, 11) is 0. The van der Waals surface area contributed by atoms with Crippen LogP contribution in [0.2, 0.25) is 0 Å². The highest BCUT2D eigenvalue weighted by Gasteiger charge is 2.30. The van der Waals surface area contributed by atoms with Gasteiger partial charge < -0.3 is 15.0 Å². The number of carbonyl (C=O) groups is 2. The summed E-state index contributed by atoms with van der Waals surface area (Å²) in [6.45, 7) is 1.66. The van der Waals surface area contributed by atoms with E-state index in [9.17, 15) is 22.8 Å². The summed E-state index contributed by atoms with van der Waals surface area (Å²) in [5.41, 5.74) is -0.0612. The lowest BCUT2D eigenvalue weighted by Gasteiger charge is -2.22. The Morgan fingerprint density at radius 3 is 2.50 bits per heavy atom. The molecule has 4 aromatic rings. The molecule has 36 heavy (non-hydrogen) atoms. The molecule has 1 amide bonds. The maximum absolute atomic E-state index is 13.0. The number of anilines is 3. The Kier molecular flexibility index (Phi) is 7.19. The molecule has 0 saturated carbocycles. The number of esters is 1. The van der Waals surface area contributed by atoms with E-state index in [0.29, 0.717) is 12.2 Å². The first-order valence-corrected chi connectivity index (χ1v) is 11.1. The first-order chi connectivity index (χ1) is 17.3. The number of nitrogens with zero attached hydrogens (tertiary/aromatic N) is 2. The average molecular weight is 493 g/mol. The van der Waals surface area contributed by atoms with Crippen LogP contribution in [-0.2, 0) is 15.7 Å². The molecule has 0 aliphatic heterocycles. The van der Waals surface area contributed by atoms with Crippen molar-refractivity contribution in [2.45, 2.75) is 13.1 Å². The second kappa shape index (κ2) is 10.5. The van der Waals surface area contributed by atoms with Crippen LogP contribution in [0.15, 0.2) is 85.1 Å². The van der Waals surface area contributed by atoms with Crippen LogP contribution >= 0.6 is 0 Å². The highest BCUT2D eigenvalue weighted by molar-refractivity contribution is 6.05. The van der Waals surface area contributed by atoms with Crippen LogP contribution in [0, 0.1) is 0 Å². The van der Waals surface area contributed by atoms with Gasteiger partial charge in [0, 0.05) is 23.8 Å². The predicted octanol–water partition coefficient (Wildman–Crippen LogP) is 6.21. The smallest absolute Gasteiger partial charge is 0.416 e. The summed E-state index contributed by atoms with van der Waals surface area (Å²) in [6.07, 6.45) is -3.13. The van der Waals surface area contributed by atoms with E-state index in [1.54, 1.807) is 0 Å². The molecular formula is C27H22F3N3O3. The number of hydrogen-bond donors (Lipinski definition) is 1. The van der Waals surface area contributed by atoms with Gasteiger partial charge in [0.1, 0.15) is 11.4 Å². The summed E-state index contributed by atoms with van der Waals surface area (Å²) in [5, 5.41) is 4.59. The molecule has 1 aromatic heterocycles. The van der Waals surface area contributed by atoms with E-state index in [2.05, 4.69) is 10.3 Å². The van der Waals surface area contributed by atoms with Crippen molar-refractivity contribution in [1.29, 1.82) is 0 Å². The summed E-state index contributed by atoms with van der Waals surface area (Å²) in [6, 6.07) is 20.7. The summed E-state index contributed by atoms with van der Waals surface area (Å²) >= 11 is 0. The third-order valence-corrected chi connectivity index (χ3v) is 5.48. The Labute approximate surface area is 205 Å². The van der Waals surface area contributed by atoms with Crippen LogP contribution < -0.4 is 10.2 Å². The van der Waals surface area contributed by atoms with Gasteiger partial charge in [0.2, 0.25) is 0 Å². The lowest BCUT2D eigenvalue weighted by Crippen LogP contribution is -2.34. The molecule has 0 aliphatic carbocycles. The fourth-order valence-corrected chi connectivity index (χ4v) is 3.79. The average Bonchev–Trinajstić information content (AvgIpc) is 2.88. The number of alkyl halides is 3. The molecule has 0 radical (unpaired) electrons. The molecule has 6 nitrogen and oxygen atoms in total. The first-order valence-electron chi connectivity index (χ1n) is 11.1. The molecular weight excluding hydrogens is 471 g/mol. The van der Waals surface area contributed by atoms with Gasteiger partial charge in [-0.05, 0) is 48.7 Å². The molecule has 0 bridgehead atoms. The molecule has 4 rings (SSSR count). The zero-order valence-electron chi connectivity index (χ0n) is 19.3. The second-order valence-electron chi connectivity index (χ2n) is 7.82. The number of halogens is 3. The van der Waals surface area contributed by atoms with Crippen molar-refractivity contribution in [2.75, 3.05) is 23.4 Å². The monoisotopic (exact) mass is 493 g/mol. The van der Waals surface area contributed by atoms with E-state index in [1.165, 1.54) is 35.4 Å². The minimum absolute atomic E-state index is 0.00988. The van der Waals surface area contributed by atoms with Gasteiger partial charge in [-0.1, -0.05) is 42.5 Å². The number of aromatic nitrogens is 1. The van der Waals surface area contributed by atoms with Crippen LogP contribution in [-0.4, -0.2) is 30.0 Å². The van der Waals surface area contributed by atoms with Crippen LogP contribution in [0.5, 0.6) is 0 Å². The number of rotatable bonds is 7. The maximum Gasteiger partial charge on any atom is 0.416 e. The third kappa shape index (κ3) is 5.46. The number of ether oxygens (including phenoxy) is 1. The van der Waals surface area contributed by atoms with Crippen molar-refractivity contribution in [3.63, 3.8) is 0 Å². The molecule has 3 aromatic carbocycles. The first kappa shape index (κ1) is 24.7. The number of carbonyl (C=O) groups excluding carboxylic acids is 2. The Morgan fingerprint density at radius 2 is 1.72 bits per heavy atom.